The topological polar surface area (TPSA) is 99.4 Å². The lowest BCUT2D eigenvalue weighted by Crippen LogP contribution is -2.42. The van der Waals surface area contributed by atoms with Crippen LogP contribution >= 0.6 is 11.6 Å². The highest BCUT2D eigenvalue weighted by Gasteiger charge is 2.50. The Hall–Kier alpha value is -3.92. The average molecular weight is 524 g/mol. The predicted molar refractivity (Wildman–Crippen MR) is 138 cm³/mol. The van der Waals surface area contributed by atoms with Crippen LogP contribution in [0.2, 0.25) is 5.02 Å². The number of ether oxygens (including phenoxy) is 4. The Kier molecular flexibility index (Phi) is 5.27. The van der Waals surface area contributed by atoms with Gasteiger partial charge in [0, 0.05) is 27.8 Å². The van der Waals surface area contributed by atoms with Crippen molar-refractivity contribution in [3.05, 3.63) is 52.7 Å². The number of urea groups is 1. The number of carbonyl (C=O) groups is 1. The summed E-state index contributed by atoms with van der Waals surface area (Å²) in [5.74, 6) is 2.71. The predicted octanol–water partition coefficient (Wildman–Crippen LogP) is 4.81. The van der Waals surface area contributed by atoms with Gasteiger partial charge in [0.1, 0.15) is 11.9 Å². The smallest absolute Gasteiger partial charge is 0.328 e. The highest BCUT2D eigenvalue weighted by atomic mass is 35.5. The van der Waals surface area contributed by atoms with E-state index in [1.54, 1.807) is 31.3 Å². The van der Waals surface area contributed by atoms with Crippen LogP contribution in [0.4, 0.5) is 16.3 Å². The number of aromatic nitrogens is 2. The average Bonchev–Trinajstić information content (AvgIpc) is 3.58. The first-order chi connectivity index (χ1) is 17.7. The van der Waals surface area contributed by atoms with E-state index in [0.29, 0.717) is 45.4 Å². The maximum Gasteiger partial charge on any atom is 0.328 e. The molecule has 1 fully saturated rings. The van der Waals surface area contributed by atoms with Gasteiger partial charge >= 0.3 is 6.03 Å². The number of methoxy groups -OCH3 is 2. The van der Waals surface area contributed by atoms with Gasteiger partial charge in [0.05, 0.1) is 26.0 Å². The maximum absolute atomic E-state index is 13.4. The number of fused-ring (bicyclic) bond motifs is 3. The number of aliphatic imine (C=N–C) groups is 1. The molecule has 3 aromatic rings. The number of carbonyl (C=O) groups excluding carboxylic acids is 1. The molecule has 0 bridgehead atoms. The van der Waals surface area contributed by atoms with Crippen LogP contribution in [0.3, 0.4) is 0 Å². The van der Waals surface area contributed by atoms with Crippen molar-refractivity contribution in [1.29, 1.82) is 0 Å². The normalized spacial score (nSPS) is 19.8. The van der Waals surface area contributed by atoms with Gasteiger partial charge < -0.3 is 18.9 Å². The van der Waals surface area contributed by atoms with Crippen LogP contribution < -0.4 is 29.2 Å². The summed E-state index contributed by atoms with van der Waals surface area (Å²) in [4.78, 5) is 20.0. The third kappa shape index (κ3) is 3.50. The van der Waals surface area contributed by atoms with Gasteiger partial charge in [-0.05, 0) is 51.1 Å². The minimum Gasteiger partial charge on any atom is -0.493 e. The second-order valence-electron chi connectivity index (χ2n) is 9.97. The quantitative estimate of drug-likeness (QED) is 0.527. The second kappa shape index (κ2) is 8.31. The van der Waals surface area contributed by atoms with E-state index in [1.807, 2.05) is 29.1 Å². The second-order valence-corrected chi connectivity index (χ2v) is 10.4. The van der Waals surface area contributed by atoms with Crippen molar-refractivity contribution in [2.45, 2.75) is 38.3 Å². The summed E-state index contributed by atoms with van der Waals surface area (Å²) >= 11 is 6.15. The van der Waals surface area contributed by atoms with Crippen LogP contribution in [-0.2, 0) is 5.54 Å². The molecular formula is C26H26ClN5O5. The molecule has 2 aromatic carbocycles. The fourth-order valence-electron chi connectivity index (χ4n) is 5.20. The molecule has 0 saturated carbocycles. The van der Waals surface area contributed by atoms with E-state index >= 15 is 0 Å². The number of hydrogen-bond acceptors (Lipinski definition) is 7. The van der Waals surface area contributed by atoms with Crippen molar-refractivity contribution in [2.75, 3.05) is 25.9 Å². The van der Waals surface area contributed by atoms with Crippen molar-refractivity contribution in [1.82, 2.24) is 15.1 Å². The Bertz CT molecular complexity index is 1440. The van der Waals surface area contributed by atoms with Gasteiger partial charge in [0.25, 0.3) is 0 Å². The molecule has 11 heteroatoms. The zero-order valence-corrected chi connectivity index (χ0v) is 21.8. The van der Waals surface area contributed by atoms with Gasteiger partial charge in [0.15, 0.2) is 17.3 Å². The molecule has 2 atom stereocenters. The molecule has 4 heterocycles. The number of hydrogen-bond donors (Lipinski definition) is 1. The Labute approximate surface area is 218 Å². The van der Waals surface area contributed by atoms with Gasteiger partial charge in [-0.1, -0.05) is 11.6 Å². The molecule has 1 N–H and O–H groups in total. The van der Waals surface area contributed by atoms with Crippen molar-refractivity contribution in [3.63, 3.8) is 0 Å². The standard InChI is InChI=1S/C26H26ClN5O5/c1-26(2,3)32-24-16(11-28-32)18(15-10-17(34-4)21-22(20(15)35-5)37-12-36-21)19-23(29-24)30-25(33)31(19)14-8-6-13(27)7-9-14/h6-11,18-19H,12H2,1-5H3,(H,29,30,33)/t18-,19-/m0/s1. The molecule has 3 aliphatic rings. The zero-order chi connectivity index (χ0) is 26.1. The molecule has 192 valence electrons. The molecule has 0 unspecified atom stereocenters. The van der Waals surface area contributed by atoms with Crippen molar-refractivity contribution < 1.29 is 23.7 Å². The summed E-state index contributed by atoms with van der Waals surface area (Å²) in [5.41, 5.74) is 1.94. The molecule has 37 heavy (non-hydrogen) atoms. The minimum atomic E-state index is -0.516. The van der Waals surface area contributed by atoms with Crippen molar-refractivity contribution in [3.8, 4) is 23.0 Å². The lowest BCUT2D eigenvalue weighted by molar-refractivity contribution is 0.168. The van der Waals surface area contributed by atoms with E-state index in [2.05, 4.69) is 26.1 Å². The fraction of sp³-hybridized carbons (Fsp3) is 0.346. The van der Waals surface area contributed by atoms with E-state index < -0.39 is 12.0 Å². The van der Waals surface area contributed by atoms with Gasteiger partial charge in [0.2, 0.25) is 18.3 Å². The molecule has 2 amide bonds. The van der Waals surface area contributed by atoms with Crippen molar-refractivity contribution in [2.24, 2.45) is 4.99 Å². The first kappa shape index (κ1) is 23.5. The van der Waals surface area contributed by atoms with Crippen LogP contribution in [0.15, 0.2) is 41.5 Å². The van der Waals surface area contributed by atoms with Gasteiger partial charge in [-0.3, -0.25) is 10.2 Å². The van der Waals surface area contributed by atoms with E-state index in [-0.39, 0.29) is 18.4 Å². The maximum atomic E-state index is 13.4. The molecule has 0 radical (unpaired) electrons. The van der Waals surface area contributed by atoms with E-state index in [4.69, 9.17) is 40.6 Å². The van der Waals surface area contributed by atoms with Crippen LogP contribution in [0.5, 0.6) is 23.0 Å². The molecular weight excluding hydrogens is 498 g/mol. The third-order valence-electron chi connectivity index (χ3n) is 6.75. The zero-order valence-electron chi connectivity index (χ0n) is 21.0. The largest absolute Gasteiger partial charge is 0.493 e. The molecule has 6 rings (SSSR count). The van der Waals surface area contributed by atoms with Gasteiger partial charge in [-0.25, -0.2) is 14.5 Å². The lowest BCUT2D eigenvalue weighted by Gasteiger charge is -2.34. The van der Waals surface area contributed by atoms with Crippen molar-refractivity contribution >= 4 is 35.0 Å². The minimum absolute atomic E-state index is 0.0520. The Morgan fingerprint density at radius 3 is 2.49 bits per heavy atom. The number of rotatable bonds is 4. The molecule has 1 saturated heterocycles. The Morgan fingerprint density at radius 1 is 1.08 bits per heavy atom. The lowest BCUT2D eigenvalue weighted by atomic mass is 9.82. The number of amidine groups is 1. The summed E-state index contributed by atoms with van der Waals surface area (Å²) in [7, 11) is 3.16. The first-order valence-corrected chi connectivity index (χ1v) is 12.2. The number of nitrogens with one attached hydrogen (secondary N) is 1. The van der Waals surface area contributed by atoms with E-state index in [1.165, 1.54) is 0 Å². The molecule has 0 aliphatic carbocycles. The van der Waals surface area contributed by atoms with Crippen LogP contribution in [-0.4, -0.2) is 48.7 Å². The molecule has 10 nitrogen and oxygen atoms in total. The summed E-state index contributed by atoms with van der Waals surface area (Å²) in [6, 6.07) is 8.21. The molecule has 1 aromatic heterocycles. The highest BCUT2D eigenvalue weighted by Crippen LogP contribution is 2.55. The van der Waals surface area contributed by atoms with E-state index in [9.17, 15) is 4.79 Å². The van der Waals surface area contributed by atoms with Crippen LogP contribution in [0.1, 0.15) is 37.8 Å². The molecule has 0 spiro atoms. The summed E-state index contributed by atoms with van der Waals surface area (Å²) in [6.07, 6.45) is 1.81. The Balaban J connectivity index is 1.62. The fourth-order valence-corrected chi connectivity index (χ4v) is 5.32. The van der Waals surface area contributed by atoms with E-state index in [0.717, 1.165) is 11.1 Å². The third-order valence-corrected chi connectivity index (χ3v) is 7.00. The summed E-state index contributed by atoms with van der Waals surface area (Å²) in [5, 5.41) is 8.26. The Morgan fingerprint density at radius 2 is 1.81 bits per heavy atom. The van der Waals surface area contributed by atoms with Gasteiger partial charge in [-0.2, -0.15) is 5.10 Å². The number of halogens is 1. The van der Waals surface area contributed by atoms with Crippen LogP contribution in [0, 0.1) is 0 Å². The first-order valence-electron chi connectivity index (χ1n) is 11.8. The number of benzene rings is 2. The highest BCUT2D eigenvalue weighted by molar-refractivity contribution is 6.30. The SMILES string of the molecule is COc1cc([C@H]2c3cnn(C(C)(C)C)c3N=C3NC(=O)N(c4ccc(Cl)cc4)[C@H]32)c(OC)c2c1OCO2. The monoisotopic (exact) mass is 523 g/mol. The number of amides is 2. The van der Waals surface area contributed by atoms with Gasteiger partial charge in [-0.15, -0.1) is 0 Å². The summed E-state index contributed by atoms with van der Waals surface area (Å²) < 4.78 is 24.9. The summed E-state index contributed by atoms with van der Waals surface area (Å²) in [6.45, 7) is 6.22. The number of anilines is 1. The number of nitrogens with zero attached hydrogens (tertiary/aromatic N) is 4. The van der Waals surface area contributed by atoms with Crippen LogP contribution in [0.25, 0.3) is 0 Å². The molecule has 3 aliphatic heterocycles.